The van der Waals surface area contributed by atoms with E-state index in [1.165, 1.54) is 12.1 Å². The highest BCUT2D eigenvalue weighted by Gasteiger charge is 2.38. The van der Waals surface area contributed by atoms with Crippen molar-refractivity contribution < 1.29 is 27.9 Å². The SMILES string of the molecule is O=C(O)C1CCC(C(=O)N(Cc2ccc(C(F)(F)F)cc2)C2CC2)CC1. The Morgan fingerprint density at radius 3 is 1.96 bits per heavy atom. The minimum Gasteiger partial charge on any atom is -0.481 e. The summed E-state index contributed by atoms with van der Waals surface area (Å²) in [6.07, 6.45) is -0.409. The van der Waals surface area contributed by atoms with E-state index in [4.69, 9.17) is 5.11 Å². The van der Waals surface area contributed by atoms with Gasteiger partial charge in [-0.25, -0.2) is 0 Å². The number of hydrogen-bond donors (Lipinski definition) is 1. The maximum Gasteiger partial charge on any atom is 0.416 e. The molecule has 2 aliphatic rings. The number of carbonyl (C=O) groups excluding carboxylic acids is 1. The lowest BCUT2D eigenvalue weighted by atomic mass is 9.81. The van der Waals surface area contributed by atoms with Gasteiger partial charge in [-0.15, -0.1) is 0 Å². The zero-order valence-corrected chi connectivity index (χ0v) is 14.3. The number of alkyl halides is 3. The quantitative estimate of drug-likeness (QED) is 0.851. The fourth-order valence-corrected chi connectivity index (χ4v) is 3.59. The van der Waals surface area contributed by atoms with Gasteiger partial charge in [0.05, 0.1) is 11.5 Å². The first kappa shape index (κ1) is 18.7. The number of carboxylic acid groups (broad SMARTS) is 1. The Hall–Kier alpha value is -2.05. The molecule has 0 spiro atoms. The molecule has 0 heterocycles. The third kappa shape index (κ3) is 4.37. The third-order valence-corrected chi connectivity index (χ3v) is 5.33. The highest BCUT2D eigenvalue weighted by molar-refractivity contribution is 5.80. The number of benzene rings is 1. The van der Waals surface area contributed by atoms with Gasteiger partial charge >= 0.3 is 12.1 Å². The van der Waals surface area contributed by atoms with Crippen molar-refractivity contribution in [1.29, 1.82) is 0 Å². The van der Waals surface area contributed by atoms with Crippen molar-refractivity contribution in [2.45, 2.75) is 57.3 Å². The molecular formula is C19H22F3NO3. The summed E-state index contributed by atoms with van der Waals surface area (Å²) in [5, 5.41) is 9.07. The van der Waals surface area contributed by atoms with Crippen LogP contribution < -0.4 is 0 Å². The minimum atomic E-state index is -4.37. The van der Waals surface area contributed by atoms with Crippen LogP contribution in [0.3, 0.4) is 0 Å². The lowest BCUT2D eigenvalue weighted by Gasteiger charge is -2.31. The maximum absolute atomic E-state index is 12.9. The van der Waals surface area contributed by atoms with Crippen LogP contribution in [0, 0.1) is 11.8 Å². The van der Waals surface area contributed by atoms with Gasteiger partial charge in [-0.05, 0) is 56.2 Å². The van der Waals surface area contributed by atoms with Crippen LogP contribution in [0.1, 0.15) is 49.7 Å². The smallest absolute Gasteiger partial charge is 0.416 e. The van der Waals surface area contributed by atoms with E-state index in [1.54, 1.807) is 4.90 Å². The lowest BCUT2D eigenvalue weighted by Crippen LogP contribution is -2.39. The minimum absolute atomic E-state index is 0.0104. The van der Waals surface area contributed by atoms with Gasteiger partial charge < -0.3 is 10.0 Å². The van der Waals surface area contributed by atoms with Crippen molar-refractivity contribution in [3.05, 3.63) is 35.4 Å². The molecule has 3 rings (SSSR count). The molecule has 0 aliphatic heterocycles. The first-order chi connectivity index (χ1) is 12.3. The summed E-state index contributed by atoms with van der Waals surface area (Å²) in [6, 6.07) is 5.09. The van der Waals surface area contributed by atoms with E-state index in [1.807, 2.05) is 0 Å². The van der Waals surface area contributed by atoms with Gasteiger partial charge in [0, 0.05) is 18.5 Å². The third-order valence-electron chi connectivity index (χ3n) is 5.33. The molecule has 1 aromatic carbocycles. The van der Waals surface area contributed by atoms with E-state index in [0.29, 0.717) is 37.8 Å². The molecule has 4 nitrogen and oxygen atoms in total. The molecule has 2 saturated carbocycles. The van der Waals surface area contributed by atoms with Crippen LogP contribution in [-0.4, -0.2) is 27.9 Å². The zero-order valence-electron chi connectivity index (χ0n) is 14.3. The number of carbonyl (C=O) groups is 2. The number of carboxylic acids is 1. The van der Waals surface area contributed by atoms with Gasteiger partial charge in [0.25, 0.3) is 0 Å². The van der Waals surface area contributed by atoms with Gasteiger partial charge in [0.15, 0.2) is 0 Å². The lowest BCUT2D eigenvalue weighted by molar-refractivity contribution is -0.146. The van der Waals surface area contributed by atoms with Crippen LogP contribution in [0.2, 0.25) is 0 Å². The summed E-state index contributed by atoms with van der Waals surface area (Å²) < 4.78 is 38.0. The second-order valence-corrected chi connectivity index (χ2v) is 7.28. The molecule has 142 valence electrons. The Morgan fingerprint density at radius 2 is 1.50 bits per heavy atom. The normalized spacial score (nSPS) is 23.5. The molecule has 26 heavy (non-hydrogen) atoms. The standard InChI is InChI=1S/C19H22F3NO3/c20-19(21,22)15-7-1-12(2-8-15)11-23(16-9-10-16)17(24)13-3-5-14(6-4-13)18(25)26/h1-2,7-8,13-14,16H,3-6,9-11H2,(H,25,26). The van der Waals surface area contributed by atoms with Gasteiger partial charge in [0.1, 0.15) is 0 Å². The summed E-state index contributed by atoms with van der Waals surface area (Å²) in [7, 11) is 0. The van der Waals surface area contributed by atoms with Crippen molar-refractivity contribution in [3.63, 3.8) is 0 Å². The monoisotopic (exact) mass is 369 g/mol. The predicted octanol–water partition coefficient (Wildman–Crippen LogP) is 4.09. The number of hydrogen-bond acceptors (Lipinski definition) is 2. The van der Waals surface area contributed by atoms with E-state index in [9.17, 15) is 22.8 Å². The molecule has 0 aromatic heterocycles. The van der Waals surface area contributed by atoms with Crippen LogP contribution in [0.15, 0.2) is 24.3 Å². The van der Waals surface area contributed by atoms with Crippen LogP contribution in [0.5, 0.6) is 0 Å². The Labute approximate surface area is 150 Å². The summed E-state index contributed by atoms with van der Waals surface area (Å²) in [6.45, 7) is 0.306. The van der Waals surface area contributed by atoms with Gasteiger partial charge in [-0.1, -0.05) is 12.1 Å². The van der Waals surface area contributed by atoms with Gasteiger partial charge in [-0.3, -0.25) is 9.59 Å². The van der Waals surface area contributed by atoms with Crippen molar-refractivity contribution in [1.82, 2.24) is 4.90 Å². The molecule has 1 N–H and O–H groups in total. The highest BCUT2D eigenvalue weighted by atomic mass is 19.4. The topological polar surface area (TPSA) is 57.6 Å². The second kappa shape index (κ2) is 7.29. The molecule has 1 amide bonds. The Morgan fingerprint density at radius 1 is 0.962 bits per heavy atom. The van der Waals surface area contributed by atoms with Crippen LogP contribution in [0.4, 0.5) is 13.2 Å². The van der Waals surface area contributed by atoms with Crippen LogP contribution in [0.25, 0.3) is 0 Å². The van der Waals surface area contributed by atoms with Gasteiger partial charge in [-0.2, -0.15) is 13.2 Å². The Kier molecular flexibility index (Phi) is 5.25. The maximum atomic E-state index is 12.9. The largest absolute Gasteiger partial charge is 0.481 e. The predicted molar refractivity (Wildman–Crippen MR) is 88.1 cm³/mol. The van der Waals surface area contributed by atoms with Gasteiger partial charge in [0.2, 0.25) is 5.91 Å². The first-order valence-electron chi connectivity index (χ1n) is 8.95. The van der Waals surface area contributed by atoms with Crippen LogP contribution in [-0.2, 0) is 22.3 Å². The Bertz CT molecular complexity index is 660. The molecule has 0 bridgehead atoms. The second-order valence-electron chi connectivity index (χ2n) is 7.28. The average molecular weight is 369 g/mol. The molecule has 7 heteroatoms. The molecule has 0 atom stereocenters. The molecule has 2 aliphatic carbocycles. The van der Waals surface area contributed by atoms with Crippen molar-refractivity contribution >= 4 is 11.9 Å². The van der Waals surface area contributed by atoms with E-state index in [2.05, 4.69) is 0 Å². The van der Waals surface area contributed by atoms with Crippen LogP contribution >= 0.6 is 0 Å². The van der Waals surface area contributed by atoms with Crippen molar-refractivity contribution in [2.24, 2.45) is 11.8 Å². The van der Waals surface area contributed by atoms with E-state index in [0.717, 1.165) is 25.0 Å². The molecule has 0 unspecified atom stereocenters. The summed E-state index contributed by atoms with van der Waals surface area (Å²) in [4.78, 5) is 25.7. The summed E-state index contributed by atoms with van der Waals surface area (Å²) in [5.74, 6) is -1.35. The Balaban J connectivity index is 1.64. The molecule has 0 saturated heterocycles. The van der Waals surface area contributed by atoms with Crippen molar-refractivity contribution in [2.75, 3.05) is 0 Å². The molecule has 2 fully saturated rings. The molecule has 1 aromatic rings. The molecule has 0 radical (unpaired) electrons. The first-order valence-corrected chi connectivity index (χ1v) is 8.95. The summed E-state index contributed by atoms with van der Waals surface area (Å²) in [5.41, 5.74) is -0.0185. The zero-order chi connectivity index (χ0) is 18.9. The van der Waals surface area contributed by atoms with Crippen molar-refractivity contribution in [3.8, 4) is 0 Å². The number of halogens is 3. The number of rotatable bonds is 5. The average Bonchev–Trinajstić information content (AvgIpc) is 3.44. The van der Waals surface area contributed by atoms with E-state index in [-0.39, 0.29) is 23.8 Å². The van der Waals surface area contributed by atoms with E-state index < -0.39 is 17.7 Å². The van der Waals surface area contributed by atoms with E-state index >= 15 is 0 Å². The summed E-state index contributed by atoms with van der Waals surface area (Å²) >= 11 is 0. The number of nitrogens with zero attached hydrogens (tertiary/aromatic N) is 1. The number of aliphatic carboxylic acids is 1. The highest BCUT2D eigenvalue weighted by Crippen LogP contribution is 2.35. The fraction of sp³-hybridized carbons (Fsp3) is 0.579. The number of amides is 1. The molecular weight excluding hydrogens is 347 g/mol. The fourth-order valence-electron chi connectivity index (χ4n) is 3.59.